The van der Waals surface area contributed by atoms with Crippen molar-refractivity contribution >= 4 is 17.3 Å². The fourth-order valence-corrected chi connectivity index (χ4v) is 2.34. The minimum Gasteiger partial charge on any atom is -0.322 e. The van der Waals surface area contributed by atoms with Gasteiger partial charge in [-0.05, 0) is 36.6 Å². The first-order valence-corrected chi connectivity index (χ1v) is 7.85. The van der Waals surface area contributed by atoms with Crippen molar-refractivity contribution in [2.75, 3.05) is 5.32 Å². The molecule has 6 heteroatoms. The first kappa shape index (κ1) is 17.6. The normalized spacial score (nSPS) is 10.4. The third kappa shape index (κ3) is 4.62. The van der Waals surface area contributed by atoms with E-state index >= 15 is 0 Å². The van der Waals surface area contributed by atoms with E-state index in [4.69, 9.17) is 0 Å². The van der Waals surface area contributed by atoms with Gasteiger partial charge in [-0.3, -0.25) is 14.9 Å². The van der Waals surface area contributed by atoms with E-state index in [-0.39, 0.29) is 11.6 Å². The topological polar surface area (TPSA) is 72.2 Å². The van der Waals surface area contributed by atoms with Crippen LogP contribution in [0.5, 0.6) is 0 Å². The standard InChI is InChI=1S/C18H19FN2O3/c1-2-3-4-5-13-6-8-14(9-7-13)18(22)20-15-10-11-17(21(23)24)16(19)12-15/h6-12H,2-5H2,1H3,(H,20,22). The molecular formula is C18H19FN2O3. The second-order valence-electron chi connectivity index (χ2n) is 5.53. The molecule has 0 unspecified atom stereocenters. The lowest BCUT2D eigenvalue weighted by Crippen LogP contribution is -2.12. The van der Waals surface area contributed by atoms with Crippen molar-refractivity contribution in [1.29, 1.82) is 0 Å². The maximum atomic E-state index is 13.6. The highest BCUT2D eigenvalue weighted by Gasteiger charge is 2.15. The molecule has 0 aromatic heterocycles. The summed E-state index contributed by atoms with van der Waals surface area (Å²) in [7, 11) is 0. The summed E-state index contributed by atoms with van der Waals surface area (Å²) in [5, 5.41) is 13.1. The molecule has 2 aromatic rings. The largest absolute Gasteiger partial charge is 0.322 e. The van der Waals surface area contributed by atoms with E-state index in [1.165, 1.54) is 18.1 Å². The number of amides is 1. The molecule has 0 fully saturated rings. The molecule has 2 aromatic carbocycles. The minimum absolute atomic E-state index is 0.176. The molecule has 2 rings (SSSR count). The molecule has 0 aliphatic carbocycles. The van der Waals surface area contributed by atoms with Crippen molar-refractivity contribution in [2.45, 2.75) is 32.6 Å². The molecule has 0 spiro atoms. The number of nitrogens with zero attached hydrogens (tertiary/aromatic N) is 1. The zero-order chi connectivity index (χ0) is 17.5. The molecule has 0 radical (unpaired) electrons. The van der Waals surface area contributed by atoms with E-state index in [1.54, 1.807) is 12.1 Å². The average molecular weight is 330 g/mol. The van der Waals surface area contributed by atoms with Gasteiger partial charge in [-0.15, -0.1) is 0 Å². The van der Waals surface area contributed by atoms with Crippen molar-refractivity contribution in [3.8, 4) is 0 Å². The van der Waals surface area contributed by atoms with Crippen LogP contribution in [0, 0.1) is 15.9 Å². The van der Waals surface area contributed by atoms with Crippen LogP contribution in [0.25, 0.3) is 0 Å². The van der Waals surface area contributed by atoms with Crippen LogP contribution in [0.15, 0.2) is 42.5 Å². The summed E-state index contributed by atoms with van der Waals surface area (Å²) in [5.41, 5.74) is 1.17. The number of carbonyl (C=O) groups is 1. The molecule has 0 heterocycles. The number of rotatable bonds is 7. The first-order chi connectivity index (χ1) is 11.5. The molecule has 126 valence electrons. The van der Waals surface area contributed by atoms with E-state index in [9.17, 15) is 19.3 Å². The average Bonchev–Trinajstić information content (AvgIpc) is 2.55. The third-order valence-corrected chi connectivity index (χ3v) is 3.69. The third-order valence-electron chi connectivity index (χ3n) is 3.69. The van der Waals surface area contributed by atoms with Crippen LogP contribution in [0.4, 0.5) is 15.8 Å². The van der Waals surface area contributed by atoms with Gasteiger partial charge in [-0.1, -0.05) is 31.9 Å². The Labute approximate surface area is 139 Å². The van der Waals surface area contributed by atoms with Crippen molar-refractivity contribution in [1.82, 2.24) is 0 Å². The summed E-state index contributed by atoms with van der Waals surface area (Å²) in [6.45, 7) is 2.15. The fourth-order valence-electron chi connectivity index (χ4n) is 2.34. The van der Waals surface area contributed by atoms with Gasteiger partial charge in [-0.2, -0.15) is 4.39 Å². The lowest BCUT2D eigenvalue weighted by Gasteiger charge is -2.07. The molecule has 0 saturated carbocycles. The lowest BCUT2D eigenvalue weighted by atomic mass is 10.1. The first-order valence-electron chi connectivity index (χ1n) is 7.85. The number of nitro benzene ring substituents is 1. The summed E-state index contributed by atoms with van der Waals surface area (Å²) in [5.74, 6) is -1.37. The van der Waals surface area contributed by atoms with Gasteiger partial charge in [0.2, 0.25) is 5.82 Å². The summed E-state index contributed by atoms with van der Waals surface area (Å²) < 4.78 is 13.6. The van der Waals surface area contributed by atoms with Crippen molar-refractivity contribution < 1.29 is 14.1 Å². The maximum Gasteiger partial charge on any atom is 0.304 e. The second kappa shape index (κ2) is 8.19. The van der Waals surface area contributed by atoms with E-state index in [1.807, 2.05) is 12.1 Å². The van der Waals surface area contributed by atoms with Gasteiger partial charge in [0.1, 0.15) is 0 Å². The summed E-state index contributed by atoms with van der Waals surface area (Å²) >= 11 is 0. The summed E-state index contributed by atoms with van der Waals surface area (Å²) in [6.07, 6.45) is 4.42. The zero-order valence-electron chi connectivity index (χ0n) is 13.4. The van der Waals surface area contributed by atoms with E-state index < -0.39 is 16.4 Å². The van der Waals surface area contributed by atoms with E-state index in [0.29, 0.717) is 5.56 Å². The molecule has 0 aliphatic heterocycles. The Balaban J connectivity index is 2.01. The Morgan fingerprint density at radius 1 is 1.17 bits per heavy atom. The van der Waals surface area contributed by atoms with Gasteiger partial charge < -0.3 is 5.32 Å². The van der Waals surface area contributed by atoms with Gasteiger partial charge in [0.15, 0.2) is 0 Å². The number of nitrogens with one attached hydrogen (secondary N) is 1. The number of benzene rings is 2. The van der Waals surface area contributed by atoms with E-state index in [2.05, 4.69) is 12.2 Å². The van der Waals surface area contributed by atoms with Gasteiger partial charge in [-0.25, -0.2) is 0 Å². The molecule has 0 bridgehead atoms. The molecule has 5 nitrogen and oxygen atoms in total. The Bertz CT molecular complexity index is 730. The molecule has 0 aliphatic rings. The highest BCUT2D eigenvalue weighted by Crippen LogP contribution is 2.21. The number of unbranched alkanes of at least 4 members (excludes halogenated alkanes) is 2. The Hall–Kier alpha value is -2.76. The van der Waals surface area contributed by atoms with Crippen LogP contribution >= 0.6 is 0 Å². The van der Waals surface area contributed by atoms with Gasteiger partial charge in [0, 0.05) is 23.4 Å². The Morgan fingerprint density at radius 3 is 2.46 bits per heavy atom. The van der Waals surface area contributed by atoms with Crippen molar-refractivity contribution in [2.24, 2.45) is 0 Å². The van der Waals surface area contributed by atoms with Crippen LogP contribution in [-0.4, -0.2) is 10.8 Å². The van der Waals surface area contributed by atoms with E-state index in [0.717, 1.165) is 31.4 Å². The second-order valence-corrected chi connectivity index (χ2v) is 5.53. The number of aryl methyl sites for hydroxylation is 1. The Kier molecular flexibility index (Phi) is 6.01. The molecule has 1 N–H and O–H groups in total. The number of nitro groups is 1. The van der Waals surface area contributed by atoms with Crippen LogP contribution in [0.3, 0.4) is 0 Å². The minimum atomic E-state index is -0.982. The van der Waals surface area contributed by atoms with Crippen LogP contribution in [0.1, 0.15) is 42.1 Å². The van der Waals surface area contributed by atoms with Crippen LogP contribution < -0.4 is 5.32 Å². The highest BCUT2D eigenvalue weighted by molar-refractivity contribution is 6.04. The highest BCUT2D eigenvalue weighted by atomic mass is 19.1. The van der Waals surface area contributed by atoms with Crippen LogP contribution in [0.2, 0.25) is 0 Å². The number of carbonyl (C=O) groups excluding carboxylic acids is 1. The quantitative estimate of drug-likeness (QED) is 0.453. The van der Waals surface area contributed by atoms with Crippen LogP contribution in [-0.2, 0) is 6.42 Å². The van der Waals surface area contributed by atoms with Crippen molar-refractivity contribution in [3.05, 3.63) is 69.5 Å². The number of halogens is 1. The molecule has 0 atom stereocenters. The summed E-state index contributed by atoms with van der Waals surface area (Å²) in [4.78, 5) is 21.9. The molecule has 24 heavy (non-hydrogen) atoms. The number of hydrogen-bond acceptors (Lipinski definition) is 3. The zero-order valence-corrected chi connectivity index (χ0v) is 13.4. The number of hydrogen-bond donors (Lipinski definition) is 1. The maximum absolute atomic E-state index is 13.6. The lowest BCUT2D eigenvalue weighted by molar-refractivity contribution is -0.387. The van der Waals surface area contributed by atoms with Gasteiger partial charge in [0.05, 0.1) is 4.92 Å². The monoisotopic (exact) mass is 330 g/mol. The molecule has 1 amide bonds. The fraction of sp³-hybridized carbons (Fsp3) is 0.278. The predicted molar refractivity (Wildman–Crippen MR) is 90.7 cm³/mol. The summed E-state index contributed by atoms with van der Waals surface area (Å²) in [6, 6.07) is 10.5. The van der Waals surface area contributed by atoms with Crippen molar-refractivity contribution in [3.63, 3.8) is 0 Å². The van der Waals surface area contributed by atoms with Gasteiger partial charge >= 0.3 is 5.69 Å². The smallest absolute Gasteiger partial charge is 0.304 e. The Morgan fingerprint density at radius 2 is 1.88 bits per heavy atom. The number of anilines is 1. The predicted octanol–water partition coefficient (Wildman–Crippen LogP) is 4.72. The van der Waals surface area contributed by atoms with Gasteiger partial charge in [0.25, 0.3) is 5.91 Å². The molecular weight excluding hydrogens is 311 g/mol. The molecule has 0 saturated heterocycles. The SMILES string of the molecule is CCCCCc1ccc(C(=O)Nc2ccc([N+](=O)[O-])c(F)c2)cc1.